The quantitative estimate of drug-likeness (QED) is 0.650. The number of carbonyl (C=O) groups is 1. The van der Waals surface area contributed by atoms with Crippen LogP contribution >= 0.6 is 0 Å². The van der Waals surface area contributed by atoms with E-state index in [0.29, 0.717) is 19.3 Å². The van der Waals surface area contributed by atoms with Gasteiger partial charge in [-0.3, -0.25) is 4.79 Å². The van der Waals surface area contributed by atoms with E-state index in [1.165, 1.54) is 0 Å². The maximum absolute atomic E-state index is 11.6. The van der Waals surface area contributed by atoms with Crippen molar-refractivity contribution in [2.75, 3.05) is 0 Å². The molecular formula is C18H24O3Si. The second kappa shape index (κ2) is 6.27. The summed E-state index contributed by atoms with van der Waals surface area (Å²) in [6, 6.07) is 9.63. The molecule has 0 bridgehead atoms. The smallest absolute Gasteiger partial charge is 0.307 e. The van der Waals surface area contributed by atoms with Crippen molar-refractivity contribution < 1.29 is 15.0 Å². The van der Waals surface area contributed by atoms with E-state index in [1.54, 1.807) is 0 Å². The molecule has 0 amide bonds. The summed E-state index contributed by atoms with van der Waals surface area (Å²) in [6.45, 7) is 6.42. The fraction of sp³-hybridized carbons (Fsp3) is 0.500. The first kappa shape index (κ1) is 16.8. The zero-order chi connectivity index (χ0) is 16.4. The largest absolute Gasteiger partial charge is 0.481 e. The Morgan fingerprint density at radius 3 is 2.45 bits per heavy atom. The second-order valence-corrected chi connectivity index (χ2v) is 12.0. The highest BCUT2D eigenvalue weighted by atomic mass is 28.3. The first-order chi connectivity index (χ1) is 10.2. The van der Waals surface area contributed by atoms with Crippen LogP contribution in [-0.4, -0.2) is 29.9 Å². The molecule has 0 saturated heterocycles. The van der Waals surface area contributed by atoms with Gasteiger partial charge < -0.3 is 10.2 Å². The monoisotopic (exact) mass is 316 g/mol. The molecule has 3 nitrogen and oxygen atoms in total. The van der Waals surface area contributed by atoms with Crippen molar-refractivity contribution >= 4 is 14.0 Å². The number of carboxylic acids is 1. The average molecular weight is 316 g/mol. The van der Waals surface area contributed by atoms with Gasteiger partial charge in [-0.2, -0.15) is 0 Å². The highest BCUT2D eigenvalue weighted by Crippen LogP contribution is 2.42. The van der Waals surface area contributed by atoms with Crippen LogP contribution in [-0.2, 0) is 4.79 Å². The second-order valence-electron chi connectivity index (χ2n) is 7.24. The van der Waals surface area contributed by atoms with Crippen LogP contribution in [0, 0.1) is 17.4 Å². The molecule has 2 N–H and O–H groups in total. The Bertz CT molecular complexity index is 594. The van der Waals surface area contributed by atoms with Gasteiger partial charge in [-0.05, 0) is 24.8 Å². The molecule has 0 radical (unpaired) electrons. The van der Waals surface area contributed by atoms with Crippen LogP contribution in [0.25, 0.3) is 0 Å². The lowest BCUT2D eigenvalue weighted by atomic mass is 9.69. The number of carboxylic acid groups (broad SMARTS) is 1. The number of hydrogen-bond donors (Lipinski definition) is 2. The Labute approximate surface area is 133 Å². The lowest BCUT2D eigenvalue weighted by molar-refractivity contribution is -0.145. The summed E-state index contributed by atoms with van der Waals surface area (Å²) in [6.07, 6.45) is 1.29. The van der Waals surface area contributed by atoms with E-state index in [1.807, 2.05) is 30.3 Å². The van der Waals surface area contributed by atoms with Crippen molar-refractivity contribution in [2.24, 2.45) is 5.92 Å². The van der Waals surface area contributed by atoms with Crippen molar-refractivity contribution in [2.45, 2.75) is 50.4 Å². The van der Waals surface area contributed by atoms with Crippen LogP contribution in [0.5, 0.6) is 0 Å². The Balaban J connectivity index is 2.30. The molecule has 2 rings (SSSR count). The van der Waals surface area contributed by atoms with Crippen LogP contribution < -0.4 is 0 Å². The summed E-state index contributed by atoms with van der Waals surface area (Å²) in [7, 11) is -1.57. The first-order valence-electron chi connectivity index (χ1n) is 7.75. The first-order valence-corrected chi connectivity index (χ1v) is 11.2. The van der Waals surface area contributed by atoms with Gasteiger partial charge in [0.2, 0.25) is 0 Å². The zero-order valence-electron chi connectivity index (χ0n) is 13.5. The van der Waals surface area contributed by atoms with E-state index in [0.717, 1.165) is 5.56 Å². The SMILES string of the molecule is C[Si](C)(C)C#C[C@@]1(O)CC[C@@H](C(=O)O)[C@H](c2ccccc2)C1. The van der Waals surface area contributed by atoms with Crippen LogP contribution in [0.4, 0.5) is 0 Å². The van der Waals surface area contributed by atoms with Crippen molar-refractivity contribution in [1.29, 1.82) is 0 Å². The van der Waals surface area contributed by atoms with Gasteiger partial charge in [-0.15, -0.1) is 5.54 Å². The minimum atomic E-state index is -1.57. The highest BCUT2D eigenvalue weighted by molar-refractivity contribution is 6.83. The fourth-order valence-corrected chi connectivity index (χ4v) is 3.57. The third-order valence-corrected chi connectivity index (χ3v) is 5.00. The molecule has 3 atom stereocenters. The van der Waals surface area contributed by atoms with Gasteiger partial charge in [-0.25, -0.2) is 0 Å². The molecule has 4 heteroatoms. The van der Waals surface area contributed by atoms with E-state index in [9.17, 15) is 15.0 Å². The minimum Gasteiger partial charge on any atom is -0.481 e. The van der Waals surface area contributed by atoms with Crippen LogP contribution in [0.15, 0.2) is 30.3 Å². The number of aliphatic carboxylic acids is 1. The van der Waals surface area contributed by atoms with Gasteiger partial charge in [0, 0.05) is 5.92 Å². The summed E-state index contributed by atoms with van der Waals surface area (Å²) in [5.41, 5.74) is 3.15. The van der Waals surface area contributed by atoms with Crippen LogP contribution in [0.3, 0.4) is 0 Å². The summed E-state index contributed by atoms with van der Waals surface area (Å²) in [5, 5.41) is 20.3. The zero-order valence-corrected chi connectivity index (χ0v) is 14.5. The van der Waals surface area contributed by atoms with Crippen molar-refractivity contribution in [3.8, 4) is 11.5 Å². The van der Waals surface area contributed by atoms with E-state index < -0.39 is 25.6 Å². The van der Waals surface area contributed by atoms with Gasteiger partial charge in [0.05, 0.1) is 5.92 Å². The summed E-state index contributed by atoms with van der Waals surface area (Å²) < 4.78 is 0. The van der Waals surface area contributed by atoms with Crippen LogP contribution in [0.1, 0.15) is 30.7 Å². The molecule has 1 saturated carbocycles. The lowest BCUT2D eigenvalue weighted by Gasteiger charge is -2.37. The van der Waals surface area contributed by atoms with E-state index in [4.69, 9.17) is 0 Å². The Morgan fingerprint density at radius 1 is 1.27 bits per heavy atom. The molecule has 0 aromatic heterocycles. The summed E-state index contributed by atoms with van der Waals surface area (Å²) >= 11 is 0. The number of benzene rings is 1. The normalized spacial score (nSPS) is 28.5. The molecular weight excluding hydrogens is 292 g/mol. The van der Waals surface area contributed by atoms with E-state index in [2.05, 4.69) is 31.1 Å². The van der Waals surface area contributed by atoms with E-state index in [-0.39, 0.29) is 5.92 Å². The molecule has 1 aromatic carbocycles. The van der Waals surface area contributed by atoms with E-state index >= 15 is 0 Å². The Morgan fingerprint density at radius 2 is 1.91 bits per heavy atom. The summed E-state index contributed by atoms with van der Waals surface area (Å²) in [4.78, 5) is 11.6. The number of aliphatic hydroxyl groups is 1. The molecule has 1 fully saturated rings. The van der Waals surface area contributed by atoms with Gasteiger partial charge in [0.1, 0.15) is 13.7 Å². The molecule has 1 aliphatic rings. The highest BCUT2D eigenvalue weighted by Gasteiger charge is 2.42. The van der Waals surface area contributed by atoms with Gasteiger partial charge >= 0.3 is 5.97 Å². The summed E-state index contributed by atoms with van der Waals surface area (Å²) in [5.74, 6) is 1.65. The molecule has 1 aromatic rings. The number of rotatable bonds is 2. The van der Waals surface area contributed by atoms with Crippen molar-refractivity contribution in [3.05, 3.63) is 35.9 Å². The predicted molar refractivity (Wildman–Crippen MR) is 90.2 cm³/mol. The number of hydrogen-bond acceptors (Lipinski definition) is 2. The molecule has 22 heavy (non-hydrogen) atoms. The molecule has 0 heterocycles. The lowest BCUT2D eigenvalue weighted by Crippen LogP contribution is -2.40. The molecule has 0 aliphatic heterocycles. The van der Waals surface area contributed by atoms with Gasteiger partial charge in [0.25, 0.3) is 0 Å². The minimum absolute atomic E-state index is 0.187. The molecule has 0 unspecified atom stereocenters. The third-order valence-electron chi connectivity index (χ3n) is 4.13. The maximum Gasteiger partial charge on any atom is 0.307 e. The van der Waals surface area contributed by atoms with Crippen molar-refractivity contribution in [1.82, 2.24) is 0 Å². The average Bonchev–Trinajstić information content (AvgIpc) is 2.45. The maximum atomic E-state index is 11.6. The molecule has 0 spiro atoms. The van der Waals surface area contributed by atoms with Gasteiger partial charge in [-0.1, -0.05) is 55.9 Å². The Kier molecular flexibility index (Phi) is 4.79. The van der Waals surface area contributed by atoms with Crippen LogP contribution in [0.2, 0.25) is 19.6 Å². The van der Waals surface area contributed by atoms with Crippen molar-refractivity contribution in [3.63, 3.8) is 0 Å². The topological polar surface area (TPSA) is 57.5 Å². The van der Waals surface area contributed by atoms with Gasteiger partial charge in [0.15, 0.2) is 0 Å². The third kappa shape index (κ3) is 4.22. The molecule has 118 valence electrons. The molecule has 1 aliphatic carbocycles. The standard InChI is InChI=1S/C18H24O3Si/c1-22(2,3)12-11-18(21)10-9-15(17(19)20)16(13-18)14-7-5-4-6-8-14/h4-8,15-16,21H,9-10,13H2,1-3H3,(H,19,20)/t15-,16+,18+/m1/s1. The fourth-order valence-electron chi connectivity index (χ4n) is 2.97. The predicted octanol–water partition coefficient (Wildman–Crippen LogP) is 3.27. The Hall–Kier alpha value is -1.57.